The van der Waals surface area contributed by atoms with Crippen LogP contribution in [0, 0.1) is 0 Å². The summed E-state index contributed by atoms with van der Waals surface area (Å²) in [6.07, 6.45) is -19.1. The Hall–Kier alpha value is -14.8. The van der Waals surface area contributed by atoms with Crippen molar-refractivity contribution in [3.63, 3.8) is 0 Å². The molecule has 58 heteroatoms. The molecule has 0 radical (unpaired) electrons. The predicted molar refractivity (Wildman–Crippen MR) is 434 cm³/mol. The van der Waals surface area contributed by atoms with Crippen LogP contribution in [-0.4, -0.2) is 310 Å². The molecule has 129 heavy (non-hydrogen) atoms. The van der Waals surface area contributed by atoms with E-state index >= 15 is 0 Å². The van der Waals surface area contributed by atoms with Crippen molar-refractivity contribution < 1.29 is 166 Å². The second-order valence-electron chi connectivity index (χ2n) is 28.7. The van der Waals surface area contributed by atoms with Crippen LogP contribution < -0.4 is 121 Å². The topological polar surface area (TPSA) is 1020 Å². The lowest BCUT2D eigenvalue weighted by molar-refractivity contribution is -0.144. The zero-order chi connectivity index (χ0) is 98.5. The zero-order valence-electron chi connectivity index (χ0n) is 69.6. The van der Waals surface area contributed by atoms with E-state index in [2.05, 4.69) is 47.2 Å². The summed E-state index contributed by atoms with van der Waals surface area (Å²) in [5.74, 6) is -38.4. The fourth-order valence-corrected chi connectivity index (χ4v) is 11.4. The Morgan fingerprint density at radius 2 is 0.403 bits per heavy atom. The molecule has 0 fully saturated rings. The number of guanidine groups is 2. The number of nitrogens with two attached hydrogens (primary N) is 9. The summed E-state index contributed by atoms with van der Waals surface area (Å²) in [5, 5.41) is 114. The lowest BCUT2D eigenvalue weighted by Crippen LogP contribution is -2.61. The van der Waals surface area contributed by atoms with E-state index < -0.39 is 374 Å². The van der Waals surface area contributed by atoms with Crippen molar-refractivity contribution in [2.24, 2.45) is 61.6 Å². The van der Waals surface area contributed by atoms with Gasteiger partial charge in [-0.2, -0.15) is 0 Å². The molecule has 0 rings (SSSR count). The van der Waals surface area contributed by atoms with Gasteiger partial charge in [-0.15, -0.1) is 0 Å². The van der Waals surface area contributed by atoms with Crippen LogP contribution in [0.1, 0.15) is 173 Å². The fraction of sp³-hybridized carbons (Fsp3) is 0.620. The van der Waals surface area contributed by atoms with E-state index in [-0.39, 0.29) is 57.7 Å². The Morgan fingerprint density at radius 1 is 0.217 bits per heavy atom. The van der Waals surface area contributed by atoms with E-state index in [0.717, 1.165) is 0 Å². The van der Waals surface area contributed by atoms with Crippen molar-refractivity contribution in [1.82, 2.24) is 69.1 Å². The molecule has 58 nitrogen and oxygen atoms in total. The first-order valence-electron chi connectivity index (χ1n) is 39.6. The minimum atomic E-state index is -2.52. The molecule has 0 aromatic heterocycles. The van der Waals surface area contributed by atoms with Crippen LogP contribution in [0.2, 0.25) is 0 Å². The number of nitrogens with one attached hydrogen (secondary N) is 13. The third kappa shape index (κ3) is 51.3. The number of carbonyl (C=O) groups excluding carboxylic acids is 16. The van der Waals surface area contributed by atoms with Crippen LogP contribution in [0.4, 0.5) is 0 Å². The number of carboxylic acids is 9. The fourth-order valence-electron chi connectivity index (χ4n) is 11.4. The maximum absolute atomic E-state index is 14.3. The van der Waals surface area contributed by atoms with Gasteiger partial charge in [-0.25, -0.2) is 4.79 Å². The molecule has 40 N–H and O–H groups in total. The number of amides is 16. The summed E-state index contributed by atoms with van der Waals surface area (Å²) in [6.45, 7) is -0.00737. The maximum Gasteiger partial charge on any atom is 0.326 e. The summed E-state index contributed by atoms with van der Waals surface area (Å²) >= 11 is 0. The van der Waals surface area contributed by atoms with Crippen LogP contribution in [0.3, 0.4) is 0 Å². The van der Waals surface area contributed by atoms with Crippen LogP contribution in [0.15, 0.2) is 9.98 Å². The van der Waals surface area contributed by atoms with Gasteiger partial charge < -0.3 is 167 Å². The minimum absolute atomic E-state index is 0.00692. The van der Waals surface area contributed by atoms with Crippen LogP contribution in [0.25, 0.3) is 0 Å². The second kappa shape index (κ2) is 60.7. The van der Waals surface area contributed by atoms with Crippen molar-refractivity contribution in [3.8, 4) is 0 Å². The third-order valence-corrected chi connectivity index (χ3v) is 18.1. The smallest absolute Gasteiger partial charge is 0.326 e. The number of unbranched alkanes of at least 4 members (excludes halogenated alkanes) is 1. The summed E-state index contributed by atoms with van der Waals surface area (Å²) < 4.78 is 0. The average molecular weight is 1850 g/mol. The number of carboxylic acid groups (broad SMARTS) is 9. The molecule has 0 aliphatic heterocycles. The number of nitrogens with zero attached hydrogens (tertiary/aromatic N) is 2. The van der Waals surface area contributed by atoms with Gasteiger partial charge in [-0.05, 0) is 109 Å². The summed E-state index contributed by atoms with van der Waals surface area (Å²) in [7, 11) is 0. The molecule has 0 aliphatic carbocycles. The van der Waals surface area contributed by atoms with Gasteiger partial charge in [-0.3, -0.25) is 125 Å². The highest BCUT2D eigenvalue weighted by Crippen LogP contribution is 2.15. The number of primary amides is 3. The van der Waals surface area contributed by atoms with Crippen LogP contribution in [0.5, 0.6) is 0 Å². The van der Waals surface area contributed by atoms with Crippen molar-refractivity contribution in [1.29, 1.82) is 0 Å². The van der Waals surface area contributed by atoms with Gasteiger partial charge in [-0.1, -0.05) is 0 Å². The molecule has 14 atom stereocenters. The molecular weight excluding hydrogens is 1730 g/mol. The summed E-state index contributed by atoms with van der Waals surface area (Å²) in [4.78, 5) is 335. The molecule has 0 aromatic rings. The van der Waals surface area contributed by atoms with Gasteiger partial charge in [0, 0.05) is 70.9 Å². The molecule has 16 amide bonds. The second-order valence-corrected chi connectivity index (χ2v) is 28.7. The highest BCUT2D eigenvalue weighted by atomic mass is 16.4. The first-order valence-corrected chi connectivity index (χ1v) is 39.6. The number of rotatable bonds is 70. The SMILES string of the molecule is NCCCC[C@H](NC(=O)[C@@H](N)CCCN=C(N)N)C(=O)N[C@@H](CCC(N)=O)C(=O)N[C@@H](CCC(=O)O)C(=O)N[C@@H](CCC(=O)O)C(=O)N[C@@H](CC(=O)O)C(=O)N[C@@H](CCC(=O)O)C(=O)N[C@@H](CC(=O)O)C(=O)N[C@@H](CCC(=O)O)C(=O)N[C@@H](CCC(=O)O)C(=O)N[C@@H](CCC(N)=O)C(=O)N[C@@H](CCC(N)=O)C(=O)N[C@@H](CCCN=C(N)N)C(=O)N[C@@H](CCC(=O)O)C(=O)O. The Morgan fingerprint density at radius 3 is 0.612 bits per heavy atom. The minimum Gasteiger partial charge on any atom is -0.481 e. The monoisotopic (exact) mass is 1850 g/mol. The molecule has 0 aliphatic rings. The normalized spacial score (nSPS) is 14.0. The quantitative estimate of drug-likeness (QED) is 0.0153. The van der Waals surface area contributed by atoms with Gasteiger partial charge in [0.15, 0.2) is 11.9 Å². The number of hydrogen-bond acceptors (Lipinski definition) is 29. The Bertz CT molecular complexity index is 4070. The summed E-state index contributed by atoms with van der Waals surface area (Å²) in [5.41, 5.74) is 49.1. The molecule has 0 saturated carbocycles. The van der Waals surface area contributed by atoms with E-state index in [1.165, 1.54) is 0 Å². The third-order valence-electron chi connectivity index (χ3n) is 18.1. The standard InChI is InChI=1S/C71H114N24O34/c72-26-2-1-6-32(83-56(115)31(73)5-3-27-81-70(77)78)57(116)85-35(9-18-46(75)97)61(120)88-38(12-21-49(101)102)63(122)90-40(14-23-51(105)106)65(124)94-44(30-55(113)114)68(127)92-41(15-24-52(107)108)66(125)95-43(29-54(111)112)67(126)91-39(13-22-50(103)104)64(123)89-37(11-20-48(99)100)62(121)87-36(10-19-47(76)98)60(119)86-34(8-17-45(74)96)59(118)84-33(7-4-28-82-71(79)80)58(117)93-42(69(128)129)16-25-53(109)110/h31-44H,1-30,72-73H2,(H2,74,96)(H2,75,97)(H2,76,98)(H,83,115)(H,84,118)(H,85,116)(H,86,119)(H,87,121)(H,88,120)(H,89,123)(H,90,122)(H,91,126)(H,92,127)(H,93,117)(H,94,124)(H,95,125)(H,99,100)(H,101,102)(H,103,104)(H,105,106)(H,107,108)(H,109,110)(H,111,112)(H,113,114)(H,128,129)(H4,77,78,81)(H4,79,80,82)/t31-,32-,33-,34-,35-,36-,37-,38-,39-,40-,41-,42-,43-,44-/m0/s1. The molecular formula is C71H114N24O34. The molecule has 722 valence electrons. The lowest BCUT2D eigenvalue weighted by Gasteiger charge is -2.28. The Labute approximate surface area is 731 Å². The van der Waals surface area contributed by atoms with Crippen molar-refractivity contribution in [3.05, 3.63) is 0 Å². The van der Waals surface area contributed by atoms with Crippen molar-refractivity contribution in [2.75, 3.05) is 19.6 Å². The molecule has 0 heterocycles. The van der Waals surface area contributed by atoms with Gasteiger partial charge in [0.1, 0.15) is 78.5 Å². The number of aliphatic imine (C=N–C) groups is 2. The highest BCUT2D eigenvalue weighted by molar-refractivity contribution is 6.02. The van der Waals surface area contributed by atoms with Crippen molar-refractivity contribution in [2.45, 2.75) is 258 Å². The van der Waals surface area contributed by atoms with Crippen LogP contribution >= 0.6 is 0 Å². The van der Waals surface area contributed by atoms with Gasteiger partial charge in [0.2, 0.25) is 94.5 Å². The van der Waals surface area contributed by atoms with Crippen molar-refractivity contribution >= 4 is 160 Å². The Kier molecular flexibility index (Phi) is 53.8. The maximum atomic E-state index is 14.3. The molecule has 0 aromatic carbocycles. The highest BCUT2D eigenvalue weighted by Gasteiger charge is 2.40. The first kappa shape index (κ1) is 114. The first-order chi connectivity index (χ1) is 60.3. The number of hydrogen-bond donors (Lipinski definition) is 31. The average Bonchev–Trinajstić information content (AvgIpc) is 0.853. The van der Waals surface area contributed by atoms with E-state index in [1.54, 1.807) is 0 Å². The molecule has 0 bridgehead atoms. The zero-order valence-corrected chi connectivity index (χ0v) is 69.6. The van der Waals surface area contributed by atoms with Gasteiger partial charge in [0.05, 0.1) is 18.9 Å². The van der Waals surface area contributed by atoms with E-state index in [1.807, 2.05) is 31.9 Å². The Balaban J connectivity index is 7.63. The lowest BCUT2D eigenvalue weighted by atomic mass is 10.0. The number of aliphatic carboxylic acids is 9. The molecule has 0 unspecified atom stereocenters. The summed E-state index contributed by atoms with van der Waals surface area (Å²) in [6, 6.07) is -28.5. The number of carbonyl (C=O) groups is 25. The van der Waals surface area contributed by atoms with E-state index in [4.69, 9.17) is 56.7 Å². The van der Waals surface area contributed by atoms with Gasteiger partial charge in [0.25, 0.3) is 0 Å². The van der Waals surface area contributed by atoms with Gasteiger partial charge >= 0.3 is 53.7 Å². The predicted octanol–water partition coefficient (Wildman–Crippen LogP) is -13.1. The van der Waals surface area contributed by atoms with E-state index in [0.29, 0.717) is 6.42 Å². The molecule has 0 spiro atoms. The van der Waals surface area contributed by atoms with E-state index in [9.17, 15) is 161 Å². The molecule has 0 saturated heterocycles. The largest absolute Gasteiger partial charge is 0.481 e. The van der Waals surface area contributed by atoms with Crippen LogP contribution in [-0.2, 0) is 120 Å².